The maximum absolute atomic E-state index is 13.8. The predicted molar refractivity (Wildman–Crippen MR) is 106 cm³/mol. The zero-order valence-electron chi connectivity index (χ0n) is 15.3. The molecule has 1 fully saturated rings. The first kappa shape index (κ1) is 19.5. The Hall–Kier alpha value is -2.22. The lowest BCUT2D eigenvalue weighted by Gasteiger charge is -2.30. The number of carbonyl (C=O) groups is 1. The molecule has 0 radical (unpaired) electrons. The van der Waals surface area contributed by atoms with Crippen LogP contribution >= 0.6 is 15.9 Å². The molecule has 0 aliphatic carbocycles. The smallest absolute Gasteiger partial charge is 0.262 e. The Morgan fingerprint density at radius 1 is 1.33 bits per heavy atom. The van der Waals surface area contributed by atoms with Crippen molar-refractivity contribution in [3.8, 4) is 5.88 Å². The van der Waals surface area contributed by atoms with E-state index < -0.39 is 11.7 Å². The number of nitrogens with zero attached hydrogens (tertiary/aromatic N) is 3. The standard InChI is InChI=1S/C19H22BrFN4O2/c1-12-5-7-25(8-6-12)19-22-13(2)9-18(24-19)27-11-17(26)23-16-4-3-14(20)10-15(16)21/h3-4,9-10,12H,5-8,11H2,1-2H3,(H,23,26). The van der Waals surface area contributed by atoms with Gasteiger partial charge >= 0.3 is 0 Å². The minimum absolute atomic E-state index is 0.105. The van der Waals surface area contributed by atoms with Crippen molar-refractivity contribution in [2.75, 3.05) is 29.9 Å². The van der Waals surface area contributed by atoms with Gasteiger partial charge in [0.25, 0.3) is 5.91 Å². The van der Waals surface area contributed by atoms with Gasteiger partial charge < -0.3 is 15.0 Å². The Morgan fingerprint density at radius 2 is 2.07 bits per heavy atom. The van der Waals surface area contributed by atoms with E-state index in [-0.39, 0.29) is 12.3 Å². The molecular weight excluding hydrogens is 415 g/mol. The van der Waals surface area contributed by atoms with E-state index >= 15 is 0 Å². The monoisotopic (exact) mass is 436 g/mol. The average Bonchev–Trinajstić information content (AvgIpc) is 2.62. The number of halogens is 2. The molecule has 0 unspecified atom stereocenters. The number of benzene rings is 1. The second kappa shape index (κ2) is 8.65. The van der Waals surface area contributed by atoms with Crippen LogP contribution in [0.25, 0.3) is 0 Å². The number of ether oxygens (including phenoxy) is 1. The Kier molecular flexibility index (Phi) is 6.26. The topological polar surface area (TPSA) is 67.3 Å². The fourth-order valence-electron chi connectivity index (χ4n) is 2.87. The molecule has 6 nitrogen and oxygen atoms in total. The van der Waals surface area contributed by atoms with E-state index in [1.807, 2.05) is 6.92 Å². The van der Waals surface area contributed by atoms with E-state index in [4.69, 9.17) is 4.74 Å². The summed E-state index contributed by atoms with van der Waals surface area (Å²) in [6.07, 6.45) is 2.21. The summed E-state index contributed by atoms with van der Waals surface area (Å²) >= 11 is 3.18. The molecule has 27 heavy (non-hydrogen) atoms. The summed E-state index contributed by atoms with van der Waals surface area (Å²) in [5.74, 6) is 0.696. The first-order valence-corrected chi connectivity index (χ1v) is 9.68. The van der Waals surface area contributed by atoms with Crippen LogP contribution in [0.5, 0.6) is 5.88 Å². The van der Waals surface area contributed by atoms with Crippen molar-refractivity contribution in [2.24, 2.45) is 5.92 Å². The summed E-state index contributed by atoms with van der Waals surface area (Å²) < 4.78 is 19.9. The largest absolute Gasteiger partial charge is 0.467 e. The van der Waals surface area contributed by atoms with Crippen molar-refractivity contribution in [3.63, 3.8) is 0 Å². The Labute approximate surface area is 166 Å². The van der Waals surface area contributed by atoms with Gasteiger partial charge in [0.1, 0.15) is 5.82 Å². The molecular formula is C19H22BrFN4O2. The van der Waals surface area contributed by atoms with E-state index in [1.165, 1.54) is 12.1 Å². The SMILES string of the molecule is Cc1cc(OCC(=O)Nc2ccc(Br)cc2F)nc(N2CCC(C)CC2)n1. The third-order valence-electron chi connectivity index (χ3n) is 4.44. The lowest BCUT2D eigenvalue weighted by Crippen LogP contribution is -2.34. The first-order valence-electron chi connectivity index (χ1n) is 8.89. The number of rotatable bonds is 5. The summed E-state index contributed by atoms with van der Waals surface area (Å²) in [6.45, 7) is 5.67. The van der Waals surface area contributed by atoms with Crippen LogP contribution in [0.15, 0.2) is 28.7 Å². The zero-order valence-corrected chi connectivity index (χ0v) is 16.9. The highest BCUT2D eigenvalue weighted by Crippen LogP contribution is 2.23. The molecule has 2 aromatic rings. The quantitative estimate of drug-likeness (QED) is 0.768. The zero-order chi connectivity index (χ0) is 19.4. The number of anilines is 2. The van der Waals surface area contributed by atoms with Gasteiger partial charge in [0, 0.05) is 29.3 Å². The number of piperidine rings is 1. The number of hydrogen-bond acceptors (Lipinski definition) is 5. The van der Waals surface area contributed by atoms with Gasteiger partial charge in [-0.1, -0.05) is 22.9 Å². The van der Waals surface area contributed by atoms with Crippen LogP contribution in [-0.2, 0) is 4.79 Å². The van der Waals surface area contributed by atoms with Crippen LogP contribution in [0.3, 0.4) is 0 Å². The van der Waals surface area contributed by atoms with E-state index in [2.05, 4.69) is 43.0 Å². The van der Waals surface area contributed by atoms with Gasteiger partial charge in [0.05, 0.1) is 5.69 Å². The molecule has 0 atom stereocenters. The molecule has 1 aromatic carbocycles. The number of nitrogens with one attached hydrogen (secondary N) is 1. The third-order valence-corrected chi connectivity index (χ3v) is 4.94. The van der Waals surface area contributed by atoms with Crippen molar-refractivity contribution in [2.45, 2.75) is 26.7 Å². The molecule has 8 heteroatoms. The maximum Gasteiger partial charge on any atom is 0.262 e. The highest BCUT2D eigenvalue weighted by Gasteiger charge is 2.19. The van der Waals surface area contributed by atoms with Crippen LogP contribution in [0.4, 0.5) is 16.0 Å². The van der Waals surface area contributed by atoms with E-state index in [1.54, 1.807) is 12.1 Å². The number of carbonyl (C=O) groups excluding carboxylic acids is 1. The summed E-state index contributed by atoms with van der Waals surface area (Å²) in [4.78, 5) is 23.1. The average molecular weight is 437 g/mol. The summed E-state index contributed by atoms with van der Waals surface area (Å²) in [5.41, 5.74) is 0.877. The number of aromatic nitrogens is 2. The van der Waals surface area contributed by atoms with E-state index in [9.17, 15) is 9.18 Å². The number of amides is 1. The van der Waals surface area contributed by atoms with Gasteiger partial charge in [0.2, 0.25) is 11.8 Å². The highest BCUT2D eigenvalue weighted by atomic mass is 79.9. The van der Waals surface area contributed by atoms with Crippen molar-refractivity contribution in [1.82, 2.24) is 9.97 Å². The lowest BCUT2D eigenvalue weighted by molar-refractivity contribution is -0.118. The van der Waals surface area contributed by atoms with E-state index in [0.717, 1.165) is 31.6 Å². The molecule has 3 rings (SSSR count). The Balaban J connectivity index is 1.61. The van der Waals surface area contributed by atoms with Crippen LogP contribution in [0, 0.1) is 18.7 Å². The van der Waals surface area contributed by atoms with E-state index in [0.29, 0.717) is 22.2 Å². The molecule has 1 amide bonds. The predicted octanol–water partition coefficient (Wildman–Crippen LogP) is 3.94. The van der Waals surface area contributed by atoms with Crippen LogP contribution in [0.1, 0.15) is 25.5 Å². The van der Waals surface area contributed by atoms with Crippen LogP contribution in [-0.4, -0.2) is 35.6 Å². The van der Waals surface area contributed by atoms with Crippen molar-refractivity contribution < 1.29 is 13.9 Å². The summed E-state index contributed by atoms with van der Waals surface area (Å²) in [6, 6.07) is 6.11. The van der Waals surface area contributed by atoms with Gasteiger partial charge in [-0.25, -0.2) is 9.37 Å². The molecule has 1 aliphatic heterocycles. The lowest BCUT2D eigenvalue weighted by atomic mass is 10.00. The van der Waals surface area contributed by atoms with Crippen LogP contribution < -0.4 is 15.0 Å². The van der Waals surface area contributed by atoms with Gasteiger partial charge in [-0.05, 0) is 43.9 Å². The second-order valence-corrected chi connectivity index (χ2v) is 7.69. The normalized spacial score (nSPS) is 14.9. The maximum atomic E-state index is 13.8. The van der Waals surface area contributed by atoms with Gasteiger partial charge in [-0.15, -0.1) is 0 Å². The highest BCUT2D eigenvalue weighted by molar-refractivity contribution is 9.10. The number of aryl methyl sites for hydroxylation is 1. The second-order valence-electron chi connectivity index (χ2n) is 6.78. The Bertz CT molecular complexity index is 825. The molecule has 144 valence electrons. The van der Waals surface area contributed by atoms with Crippen molar-refractivity contribution >= 4 is 33.5 Å². The molecule has 1 saturated heterocycles. The van der Waals surface area contributed by atoms with Crippen molar-refractivity contribution in [3.05, 3.63) is 40.2 Å². The van der Waals surface area contributed by atoms with Crippen molar-refractivity contribution in [1.29, 1.82) is 0 Å². The van der Waals surface area contributed by atoms with Crippen LogP contribution in [0.2, 0.25) is 0 Å². The van der Waals surface area contributed by atoms with Gasteiger partial charge in [0.15, 0.2) is 6.61 Å². The molecule has 1 aromatic heterocycles. The Morgan fingerprint density at radius 3 is 2.78 bits per heavy atom. The number of hydrogen-bond donors (Lipinski definition) is 1. The first-order chi connectivity index (χ1) is 12.9. The molecule has 1 aliphatic rings. The minimum Gasteiger partial charge on any atom is -0.467 e. The molecule has 2 heterocycles. The third kappa shape index (κ3) is 5.38. The molecule has 0 spiro atoms. The van der Waals surface area contributed by atoms with Gasteiger partial charge in [-0.3, -0.25) is 4.79 Å². The molecule has 1 N–H and O–H groups in total. The van der Waals surface area contributed by atoms with Gasteiger partial charge in [-0.2, -0.15) is 4.98 Å². The fraction of sp³-hybridized carbons (Fsp3) is 0.421. The molecule has 0 saturated carbocycles. The summed E-state index contributed by atoms with van der Waals surface area (Å²) in [5, 5.41) is 2.49. The minimum atomic E-state index is -0.516. The molecule has 0 bridgehead atoms. The fourth-order valence-corrected chi connectivity index (χ4v) is 3.20. The summed E-state index contributed by atoms with van der Waals surface area (Å²) in [7, 11) is 0.